The Balaban J connectivity index is 1.33. The first-order chi connectivity index (χ1) is 20.3. The molecule has 0 amide bonds. The molecule has 41 heavy (non-hydrogen) atoms. The van der Waals surface area contributed by atoms with Crippen molar-refractivity contribution in [2.75, 3.05) is 4.90 Å². The fourth-order valence-electron chi connectivity index (χ4n) is 6.03. The lowest BCUT2D eigenvalue weighted by molar-refractivity contribution is 0.668. The zero-order valence-corrected chi connectivity index (χ0v) is 21.8. The van der Waals surface area contributed by atoms with Crippen molar-refractivity contribution in [1.82, 2.24) is 9.97 Å². The van der Waals surface area contributed by atoms with Gasteiger partial charge in [-0.05, 0) is 94.3 Å². The number of rotatable bonds is 3. The van der Waals surface area contributed by atoms with Gasteiger partial charge in [0.05, 0.1) is 0 Å². The van der Waals surface area contributed by atoms with E-state index in [9.17, 15) is 0 Å². The van der Waals surface area contributed by atoms with E-state index in [1.807, 2.05) is 36.4 Å². The quantitative estimate of drug-likeness (QED) is 0.214. The lowest BCUT2D eigenvalue weighted by Gasteiger charge is -2.26. The summed E-state index contributed by atoms with van der Waals surface area (Å²) in [7, 11) is 0. The maximum Gasteiger partial charge on any atom is 0.153 e. The molecule has 0 bridgehead atoms. The lowest BCUT2D eigenvalue weighted by Crippen LogP contribution is -2.09. The second-order valence-corrected chi connectivity index (χ2v) is 10.3. The van der Waals surface area contributed by atoms with E-state index >= 15 is 0 Å². The molecule has 0 fully saturated rings. The van der Waals surface area contributed by atoms with Gasteiger partial charge >= 0.3 is 0 Å². The van der Waals surface area contributed by atoms with E-state index in [4.69, 9.17) is 8.83 Å². The molecule has 5 heteroatoms. The molecule has 4 heterocycles. The van der Waals surface area contributed by atoms with Crippen LogP contribution in [0.4, 0.5) is 17.1 Å². The number of benzene rings is 5. The largest absolute Gasteiger partial charge is 0.454 e. The van der Waals surface area contributed by atoms with Gasteiger partial charge in [-0.3, -0.25) is 9.97 Å². The van der Waals surface area contributed by atoms with Crippen molar-refractivity contribution in [2.45, 2.75) is 0 Å². The van der Waals surface area contributed by atoms with Gasteiger partial charge in [-0.25, -0.2) is 0 Å². The minimum Gasteiger partial charge on any atom is -0.454 e. The monoisotopic (exact) mass is 527 g/mol. The van der Waals surface area contributed by atoms with E-state index in [-0.39, 0.29) is 0 Å². The van der Waals surface area contributed by atoms with Crippen LogP contribution >= 0.6 is 0 Å². The second-order valence-electron chi connectivity index (χ2n) is 10.3. The summed E-state index contributed by atoms with van der Waals surface area (Å²) < 4.78 is 12.2. The molecule has 192 valence electrons. The first-order valence-corrected chi connectivity index (χ1v) is 13.6. The summed E-state index contributed by atoms with van der Waals surface area (Å²) in [6, 6.07) is 39.9. The van der Waals surface area contributed by atoms with Crippen molar-refractivity contribution in [1.29, 1.82) is 0 Å². The van der Waals surface area contributed by atoms with Crippen LogP contribution in [-0.4, -0.2) is 9.97 Å². The molecule has 4 aromatic heterocycles. The third-order valence-corrected chi connectivity index (χ3v) is 7.92. The Morgan fingerprint density at radius 2 is 0.927 bits per heavy atom. The minimum absolute atomic E-state index is 0.778. The summed E-state index contributed by atoms with van der Waals surface area (Å²) in [4.78, 5) is 11.5. The molecular formula is C36H21N3O2. The van der Waals surface area contributed by atoms with Crippen molar-refractivity contribution < 1.29 is 8.83 Å². The van der Waals surface area contributed by atoms with Gasteiger partial charge in [-0.1, -0.05) is 42.5 Å². The fraction of sp³-hybridized carbons (Fsp3) is 0. The third-order valence-electron chi connectivity index (χ3n) is 7.92. The molecule has 0 radical (unpaired) electrons. The number of fused-ring (bicyclic) bond motifs is 9. The Morgan fingerprint density at radius 3 is 1.56 bits per heavy atom. The number of hydrogen-bond donors (Lipinski definition) is 0. The van der Waals surface area contributed by atoms with E-state index < -0.39 is 0 Å². The van der Waals surface area contributed by atoms with Gasteiger partial charge in [0.2, 0.25) is 0 Å². The van der Waals surface area contributed by atoms with Gasteiger partial charge in [0, 0.05) is 40.2 Å². The molecular weight excluding hydrogens is 506 g/mol. The Hall–Kier alpha value is -5.68. The van der Waals surface area contributed by atoms with Crippen molar-refractivity contribution in [3.8, 4) is 0 Å². The standard InChI is InChI=1S/C36H21N3O2/c1-2-6-27-22(5-1)9-10-23-11-12-24(19-28(23)27)39(25-13-15-31-29(20-25)35-33(40-31)7-3-17-37-35)26-14-16-32-30(21-26)36-34(41-32)8-4-18-38-36/h1-21H. The van der Waals surface area contributed by atoms with Crippen molar-refractivity contribution >= 4 is 82.7 Å². The van der Waals surface area contributed by atoms with E-state index in [1.54, 1.807) is 12.4 Å². The van der Waals surface area contributed by atoms with Crippen LogP contribution in [0.3, 0.4) is 0 Å². The number of pyridine rings is 2. The number of anilines is 3. The van der Waals surface area contributed by atoms with E-state index in [0.29, 0.717) is 0 Å². The summed E-state index contributed by atoms with van der Waals surface area (Å²) in [5, 5.41) is 6.81. The van der Waals surface area contributed by atoms with Crippen LogP contribution in [0.25, 0.3) is 65.7 Å². The number of furan rings is 2. The van der Waals surface area contributed by atoms with Crippen LogP contribution < -0.4 is 4.90 Å². The smallest absolute Gasteiger partial charge is 0.153 e. The molecule has 0 unspecified atom stereocenters. The second kappa shape index (κ2) is 8.41. The van der Waals surface area contributed by atoms with Crippen molar-refractivity contribution in [2.24, 2.45) is 0 Å². The van der Waals surface area contributed by atoms with E-state index in [2.05, 4.69) is 93.7 Å². The minimum atomic E-state index is 0.778. The summed E-state index contributed by atoms with van der Waals surface area (Å²) >= 11 is 0. The molecule has 0 aliphatic rings. The predicted molar refractivity (Wildman–Crippen MR) is 166 cm³/mol. The molecule has 5 aromatic carbocycles. The molecule has 9 rings (SSSR count). The first kappa shape index (κ1) is 22.2. The normalized spacial score (nSPS) is 11.9. The number of aromatic nitrogens is 2. The topological polar surface area (TPSA) is 55.3 Å². The lowest BCUT2D eigenvalue weighted by atomic mass is 10.0. The molecule has 0 aliphatic heterocycles. The van der Waals surface area contributed by atoms with Gasteiger partial charge in [0.25, 0.3) is 0 Å². The van der Waals surface area contributed by atoms with Crippen LogP contribution in [0.15, 0.2) is 136 Å². The van der Waals surface area contributed by atoms with Crippen LogP contribution in [0.5, 0.6) is 0 Å². The SMILES string of the molecule is c1ccc2c(c1)ccc1ccc(N(c3ccc4oc5cccnc5c4c3)c3ccc4oc5cccnc5c4c3)cc12. The Kier molecular flexibility index (Phi) is 4.55. The predicted octanol–water partition coefficient (Wildman–Crippen LogP) is 10.1. The fourth-order valence-corrected chi connectivity index (χ4v) is 6.03. The molecule has 0 saturated carbocycles. The van der Waals surface area contributed by atoms with Crippen molar-refractivity contribution in [3.05, 3.63) is 128 Å². The zero-order valence-electron chi connectivity index (χ0n) is 21.8. The third kappa shape index (κ3) is 3.36. The molecule has 0 spiro atoms. The highest BCUT2D eigenvalue weighted by molar-refractivity contribution is 6.10. The Labute approximate surface area is 233 Å². The highest BCUT2D eigenvalue weighted by Crippen LogP contribution is 2.41. The van der Waals surface area contributed by atoms with Crippen LogP contribution in [0, 0.1) is 0 Å². The van der Waals surface area contributed by atoms with Crippen LogP contribution in [-0.2, 0) is 0 Å². The van der Waals surface area contributed by atoms with Gasteiger partial charge in [0.15, 0.2) is 11.2 Å². The Bertz CT molecular complexity index is 2340. The van der Waals surface area contributed by atoms with E-state index in [1.165, 1.54) is 21.5 Å². The van der Waals surface area contributed by atoms with Gasteiger partial charge in [-0.15, -0.1) is 0 Å². The maximum absolute atomic E-state index is 6.10. The van der Waals surface area contributed by atoms with E-state index in [0.717, 1.165) is 61.2 Å². The zero-order chi connectivity index (χ0) is 26.9. The number of nitrogens with zero attached hydrogens (tertiary/aromatic N) is 3. The van der Waals surface area contributed by atoms with Crippen LogP contribution in [0.2, 0.25) is 0 Å². The van der Waals surface area contributed by atoms with Crippen LogP contribution in [0.1, 0.15) is 0 Å². The summed E-state index contributed by atoms with van der Waals surface area (Å²) in [5.41, 5.74) is 7.95. The average Bonchev–Trinajstić information content (AvgIpc) is 3.59. The highest BCUT2D eigenvalue weighted by Gasteiger charge is 2.18. The summed E-state index contributed by atoms with van der Waals surface area (Å²) in [6.07, 6.45) is 3.61. The molecule has 5 nitrogen and oxygen atoms in total. The summed E-state index contributed by atoms with van der Waals surface area (Å²) in [6.45, 7) is 0. The molecule has 0 aliphatic carbocycles. The molecule has 0 N–H and O–H groups in total. The molecule has 9 aromatic rings. The van der Waals surface area contributed by atoms with Crippen molar-refractivity contribution in [3.63, 3.8) is 0 Å². The van der Waals surface area contributed by atoms with Gasteiger partial charge < -0.3 is 13.7 Å². The average molecular weight is 528 g/mol. The number of hydrogen-bond acceptors (Lipinski definition) is 5. The first-order valence-electron chi connectivity index (χ1n) is 13.6. The van der Waals surface area contributed by atoms with Gasteiger partial charge in [-0.2, -0.15) is 0 Å². The van der Waals surface area contributed by atoms with Gasteiger partial charge in [0.1, 0.15) is 22.2 Å². The highest BCUT2D eigenvalue weighted by atomic mass is 16.3. The Morgan fingerprint density at radius 1 is 0.415 bits per heavy atom. The molecule has 0 atom stereocenters. The summed E-state index contributed by atoms with van der Waals surface area (Å²) in [5.74, 6) is 0. The maximum atomic E-state index is 6.10. The molecule has 0 saturated heterocycles.